The number of hydrogen-bond acceptors (Lipinski definition) is 1. The zero-order valence-corrected chi connectivity index (χ0v) is 15.8. The highest BCUT2D eigenvalue weighted by Crippen LogP contribution is 2.39. The largest absolute Gasteiger partial charge is 0.615 e. The molecular weight excluding hydrogens is 312 g/mol. The van der Waals surface area contributed by atoms with E-state index in [1.165, 1.54) is 11.1 Å². The van der Waals surface area contributed by atoms with Crippen LogP contribution in [0.25, 0.3) is 0 Å². The predicted octanol–water partition coefficient (Wildman–Crippen LogP) is 6.60. The van der Waals surface area contributed by atoms with Crippen LogP contribution >= 0.6 is 0 Å². The maximum atomic E-state index is 13.6. The zero-order valence-electron chi connectivity index (χ0n) is 15.0. The normalized spacial score (nSPS) is 15.0. The smallest absolute Gasteiger partial charge is 0.141 e. The average molecular weight is 343 g/mol. The summed E-state index contributed by atoms with van der Waals surface area (Å²) in [6.45, 7) is 4.41. The van der Waals surface area contributed by atoms with Crippen LogP contribution in [0, 0.1) is 0 Å². The molecule has 1 nitrogen and oxygen atoms in total. The van der Waals surface area contributed by atoms with Gasteiger partial charge in [-0.1, -0.05) is 87.4 Å². The lowest BCUT2D eigenvalue weighted by Crippen LogP contribution is -2.21. The van der Waals surface area contributed by atoms with Gasteiger partial charge in [-0.05, 0) is 36.9 Å². The van der Waals surface area contributed by atoms with E-state index < -0.39 is 11.2 Å². The van der Waals surface area contributed by atoms with Crippen molar-refractivity contribution >= 4 is 11.2 Å². The summed E-state index contributed by atoms with van der Waals surface area (Å²) in [6.07, 6.45) is 6.54. The highest BCUT2D eigenvalue weighted by molar-refractivity contribution is 7.91. The molecule has 24 heavy (non-hydrogen) atoms. The van der Waals surface area contributed by atoms with E-state index in [2.05, 4.69) is 62.4 Å². The van der Waals surface area contributed by atoms with Gasteiger partial charge >= 0.3 is 0 Å². The molecule has 0 aliphatic heterocycles. The van der Waals surface area contributed by atoms with Crippen molar-refractivity contribution in [3.63, 3.8) is 0 Å². The second-order valence-corrected chi connectivity index (χ2v) is 8.21. The Morgan fingerprint density at radius 1 is 0.708 bits per heavy atom. The van der Waals surface area contributed by atoms with Crippen molar-refractivity contribution in [2.75, 3.05) is 0 Å². The van der Waals surface area contributed by atoms with Crippen LogP contribution in [0.5, 0.6) is 0 Å². The molecule has 0 aromatic heterocycles. The first-order valence-electron chi connectivity index (χ1n) is 9.27. The predicted molar refractivity (Wildman–Crippen MR) is 106 cm³/mol. The molecule has 2 rings (SSSR count). The topological polar surface area (TPSA) is 23.1 Å². The van der Waals surface area contributed by atoms with Gasteiger partial charge in [0, 0.05) is 11.1 Å². The zero-order chi connectivity index (χ0) is 17.2. The van der Waals surface area contributed by atoms with Crippen LogP contribution in [0.15, 0.2) is 60.7 Å². The Labute approximate surface area is 150 Å². The molecule has 0 fully saturated rings. The van der Waals surface area contributed by atoms with Crippen molar-refractivity contribution in [3.05, 3.63) is 71.8 Å². The second kappa shape index (κ2) is 10.6. The summed E-state index contributed by atoms with van der Waals surface area (Å²) in [5.41, 5.74) is 2.45. The number of rotatable bonds is 10. The van der Waals surface area contributed by atoms with Crippen LogP contribution in [0.4, 0.5) is 0 Å². The molecule has 0 bridgehead atoms. The van der Waals surface area contributed by atoms with Crippen LogP contribution in [-0.2, 0) is 11.2 Å². The standard InChI is InChI=1S/C22H30OS/c1-3-5-17-21(19-13-9-7-10-14-19)24(23)22(18-6-4-2)20-15-11-8-12-16-20/h7-16,21-22H,3-6,17-18H2,1-2H3. The molecule has 0 saturated heterocycles. The van der Waals surface area contributed by atoms with Crippen molar-refractivity contribution in [3.8, 4) is 0 Å². The Morgan fingerprint density at radius 2 is 1.08 bits per heavy atom. The fraction of sp³-hybridized carbons (Fsp3) is 0.455. The average Bonchev–Trinajstić information content (AvgIpc) is 2.64. The van der Waals surface area contributed by atoms with Crippen molar-refractivity contribution in [2.45, 2.75) is 62.9 Å². The molecule has 0 aliphatic rings. The summed E-state index contributed by atoms with van der Waals surface area (Å²) in [4.78, 5) is 0. The maximum Gasteiger partial charge on any atom is 0.141 e. The van der Waals surface area contributed by atoms with Crippen LogP contribution in [0.3, 0.4) is 0 Å². The van der Waals surface area contributed by atoms with Gasteiger partial charge in [-0.15, -0.1) is 0 Å². The third kappa shape index (κ3) is 5.39. The molecular formula is C22H30OS. The summed E-state index contributed by atoms with van der Waals surface area (Å²) < 4.78 is 13.6. The highest BCUT2D eigenvalue weighted by atomic mass is 32.2. The van der Waals surface area contributed by atoms with E-state index in [4.69, 9.17) is 0 Å². The lowest BCUT2D eigenvalue weighted by atomic mass is 10.1. The molecule has 2 heteroatoms. The number of hydrogen-bond donors (Lipinski definition) is 0. The van der Waals surface area contributed by atoms with Gasteiger partial charge in [0.25, 0.3) is 0 Å². The molecule has 0 saturated carbocycles. The minimum Gasteiger partial charge on any atom is -0.615 e. The Balaban J connectivity index is 2.27. The summed E-state index contributed by atoms with van der Waals surface area (Å²) in [6, 6.07) is 20.9. The molecule has 2 aromatic carbocycles. The Morgan fingerprint density at radius 3 is 1.42 bits per heavy atom. The molecule has 0 amide bonds. The molecule has 0 aliphatic carbocycles. The molecule has 130 valence electrons. The van der Waals surface area contributed by atoms with E-state index in [-0.39, 0.29) is 10.5 Å². The molecule has 0 heterocycles. The van der Waals surface area contributed by atoms with Gasteiger partial charge in [-0.3, -0.25) is 0 Å². The molecule has 2 aromatic rings. The van der Waals surface area contributed by atoms with E-state index >= 15 is 0 Å². The van der Waals surface area contributed by atoms with E-state index in [9.17, 15) is 4.55 Å². The Bertz CT molecular complexity index is 503. The van der Waals surface area contributed by atoms with Gasteiger partial charge < -0.3 is 4.55 Å². The second-order valence-electron chi connectivity index (χ2n) is 6.41. The molecule has 0 N–H and O–H groups in total. The lowest BCUT2D eigenvalue weighted by molar-refractivity contribution is 0.543. The molecule has 0 spiro atoms. The summed E-state index contributed by atoms with van der Waals surface area (Å²) in [5.74, 6) is 0. The van der Waals surface area contributed by atoms with Crippen molar-refractivity contribution in [1.29, 1.82) is 0 Å². The van der Waals surface area contributed by atoms with Gasteiger partial charge in [0.05, 0.1) is 0 Å². The fourth-order valence-corrected chi connectivity index (χ4v) is 5.19. The molecule has 2 unspecified atom stereocenters. The van der Waals surface area contributed by atoms with E-state index in [0.717, 1.165) is 38.5 Å². The Hall–Kier alpha value is -1.25. The third-order valence-corrected chi connectivity index (χ3v) is 6.68. The van der Waals surface area contributed by atoms with Gasteiger partial charge in [-0.25, -0.2) is 0 Å². The van der Waals surface area contributed by atoms with Gasteiger partial charge in [0.1, 0.15) is 10.5 Å². The van der Waals surface area contributed by atoms with Gasteiger partial charge in [0.2, 0.25) is 0 Å². The Kier molecular flexibility index (Phi) is 8.41. The summed E-state index contributed by atoms with van der Waals surface area (Å²) in [7, 11) is 0. The first kappa shape index (κ1) is 19.1. The summed E-state index contributed by atoms with van der Waals surface area (Å²) >= 11 is -0.901. The minimum absolute atomic E-state index is 0.133. The fourth-order valence-electron chi connectivity index (χ4n) is 3.15. The molecule has 2 atom stereocenters. The minimum atomic E-state index is -0.901. The van der Waals surface area contributed by atoms with Crippen molar-refractivity contribution < 1.29 is 4.55 Å². The van der Waals surface area contributed by atoms with Crippen LogP contribution in [0.1, 0.15) is 74.0 Å². The summed E-state index contributed by atoms with van der Waals surface area (Å²) in [5, 5.41) is 0.265. The SMILES string of the molecule is CCCCC(c1ccccc1)[S+]([O-])C(CCCC)c1ccccc1. The van der Waals surface area contributed by atoms with Crippen molar-refractivity contribution in [1.82, 2.24) is 0 Å². The van der Waals surface area contributed by atoms with Crippen LogP contribution in [0.2, 0.25) is 0 Å². The van der Waals surface area contributed by atoms with E-state index in [1.807, 2.05) is 12.1 Å². The van der Waals surface area contributed by atoms with E-state index in [1.54, 1.807) is 0 Å². The maximum absolute atomic E-state index is 13.6. The highest BCUT2D eigenvalue weighted by Gasteiger charge is 2.32. The lowest BCUT2D eigenvalue weighted by Gasteiger charge is -2.29. The quantitative estimate of drug-likeness (QED) is 0.446. The van der Waals surface area contributed by atoms with Crippen LogP contribution in [-0.4, -0.2) is 4.55 Å². The molecule has 0 radical (unpaired) electrons. The number of unbranched alkanes of at least 4 members (excludes halogenated alkanes) is 2. The monoisotopic (exact) mass is 342 g/mol. The first-order chi connectivity index (χ1) is 11.8. The van der Waals surface area contributed by atoms with Gasteiger partial charge in [-0.2, -0.15) is 0 Å². The van der Waals surface area contributed by atoms with Crippen LogP contribution < -0.4 is 0 Å². The third-order valence-electron chi connectivity index (χ3n) is 4.54. The first-order valence-corrected chi connectivity index (χ1v) is 10.5. The van der Waals surface area contributed by atoms with E-state index in [0.29, 0.717) is 0 Å². The van der Waals surface area contributed by atoms with Crippen molar-refractivity contribution in [2.24, 2.45) is 0 Å². The van der Waals surface area contributed by atoms with Gasteiger partial charge in [0.15, 0.2) is 0 Å². The number of benzene rings is 2.